The third-order valence-corrected chi connectivity index (χ3v) is 6.62. The molecule has 0 bridgehead atoms. The highest BCUT2D eigenvalue weighted by atomic mass is 35.5. The first-order valence-corrected chi connectivity index (χ1v) is 12.8. The van der Waals surface area contributed by atoms with E-state index in [4.69, 9.17) is 9.47 Å². The SMILES string of the molecule is Cc1ccc(F)c(C(=O)Nc2ccc(Oc3ncnn4cc(C(=O)NCCN5CCOCC5)c(C)c34)c(F)c2)c1.Cl. The van der Waals surface area contributed by atoms with Gasteiger partial charge in [-0.25, -0.2) is 13.3 Å². The molecule has 0 spiro atoms. The highest BCUT2D eigenvalue weighted by Gasteiger charge is 2.21. The van der Waals surface area contributed by atoms with Gasteiger partial charge in [0, 0.05) is 44.1 Å². The summed E-state index contributed by atoms with van der Waals surface area (Å²) in [5.41, 5.74) is 2.07. The maximum absolute atomic E-state index is 15.0. The summed E-state index contributed by atoms with van der Waals surface area (Å²) in [6.07, 6.45) is 2.81. The fourth-order valence-corrected chi connectivity index (χ4v) is 4.46. The molecule has 0 radical (unpaired) electrons. The second-order valence-corrected chi connectivity index (χ2v) is 9.42. The van der Waals surface area contributed by atoms with Gasteiger partial charge in [-0.3, -0.25) is 14.5 Å². The van der Waals surface area contributed by atoms with Crippen LogP contribution in [-0.2, 0) is 4.74 Å². The van der Waals surface area contributed by atoms with E-state index < -0.39 is 17.5 Å². The molecule has 10 nitrogen and oxygen atoms in total. The maximum atomic E-state index is 15.0. The highest BCUT2D eigenvalue weighted by Crippen LogP contribution is 2.31. The molecule has 1 saturated heterocycles. The summed E-state index contributed by atoms with van der Waals surface area (Å²) in [7, 11) is 0. The lowest BCUT2D eigenvalue weighted by Crippen LogP contribution is -2.41. The molecular weight excluding hydrogens is 558 g/mol. The molecule has 1 aliphatic rings. The Morgan fingerprint density at radius 1 is 1.02 bits per heavy atom. The van der Waals surface area contributed by atoms with Crippen LogP contribution in [0, 0.1) is 25.5 Å². The molecule has 41 heavy (non-hydrogen) atoms. The summed E-state index contributed by atoms with van der Waals surface area (Å²) in [5, 5.41) is 9.58. The van der Waals surface area contributed by atoms with Crippen LogP contribution < -0.4 is 15.4 Å². The van der Waals surface area contributed by atoms with E-state index in [1.54, 1.807) is 26.1 Å². The number of hydrogen-bond acceptors (Lipinski definition) is 7. The van der Waals surface area contributed by atoms with Crippen molar-refractivity contribution in [2.45, 2.75) is 13.8 Å². The Labute approximate surface area is 241 Å². The number of halogens is 3. The average molecular weight is 587 g/mol. The normalized spacial score (nSPS) is 13.5. The van der Waals surface area contributed by atoms with Crippen LogP contribution in [0.25, 0.3) is 5.52 Å². The highest BCUT2D eigenvalue weighted by molar-refractivity contribution is 6.04. The third-order valence-electron chi connectivity index (χ3n) is 6.62. The van der Waals surface area contributed by atoms with Gasteiger partial charge in [0.05, 0.1) is 24.3 Å². The number of morpholine rings is 1. The Hall–Kier alpha value is -4.13. The number of aryl methyl sites for hydroxylation is 2. The lowest BCUT2D eigenvalue weighted by Gasteiger charge is -2.26. The Morgan fingerprint density at radius 3 is 2.56 bits per heavy atom. The molecule has 0 atom stereocenters. The Morgan fingerprint density at radius 2 is 1.80 bits per heavy atom. The van der Waals surface area contributed by atoms with Crippen LogP contribution in [-0.4, -0.2) is 70.7 Å². The van der Waals surface area contributed by atoms with Crippen LogP contribution in [0.4, 0.5) is 14.5 Å². The molecule has 0 unspecified atom stereocenters. The molecule has 2 aromatic heterocycles. The van der Waals surface area contributed by atoms with Crippen molar-refractivity contribution in [1.82, 2.24) is 24.8 Å². The number of hydrogen-bond donors (Lipinski definition) is 2. The zero-order chi connectivity index (χ0) is 28.2. The van der Waals surface area contributed by atoms with Crippen molar-refractivity contribution in [3.05, 3.63) is 82.8 Å². The van der Waals surface area contributed by atoms with Gasteiger partial charge in [-0.1, -0.05) is 11.6 Å². The van der Waals surface area contributed by atoms with Gasteiger partial charge in [-0.05, 0) is 43.7 Å². The van der Waals surface area contributed by atoms with E-state index >= 15 is 0 Å². The molecule has 0 saturated carbocycles. The summed E-state index contributed by atoms with van der Waals surface area (Å²) in [6, 6.07) is 7.99. The van der Waals surface area contributed by atoms with Gasteiger partial charge in [0.2, 0.25) is 5.88 Å². The van der Waals surface area contributed by atoms with E-state index in [1.807, 2.05) is 0 Å². The molecule has 3 heterocycles. The summed E-state index contributed by atoms with van der Waals surface area (Å²) in [6.45, 7) is 7.70. The van der Waals surface area contributed by atoms with Crippen LogP contribution in [0.2, 0.25) is 0 Å². The van der Waals surface area contributed by atoms with Crippen LogP contribution >= 0.6 is 12.4 Å². The molecule has 2 N–H and O–H groups in total. The van der Waals surface area contributed by atoms with E-state index in [0.29, 0.717) is 48.5 Å². The van der Waals surface area contributed by atoms with Gasteiger partial charge in [0.25, 0.3) is 11.8 Å². The first-order valence-electron chi connectivity index (χ1n) is 12.8. The van der Waals surface area contributed by atoms with Crippen molar-refractivity contribution in [3.63, 3.8) is 0 Å². The maximum Gasteiger partial charge on any atom is 0.258 e. The number of anilines is 1. The van der Waals surface area contributed by atoms with Crippen molar-refractivity contribution in [1.29, 1.82) is 0 Å². The molecule has 5 rings (SSSR count). The largest absolute Gasteiger partial charge is 0.434 e. The van der Waals surface area contributed by atoms with E-state index in [1.165, 1.54) is 35.1 Å². The molecule has 216 valence electrons. The van der Waals surface area contributed by atoms with Crippen molar-refractivity contribution in [3.8, 4) is 11.6 Å². The summed E-state index contributed by atoms with van der Waals surface area (Å²) < 4.78 is 41.6. The molecule has 13 heteroatoms. The number of nitrogens with zero attached hydrogens (tertiary/aromatic N) is 4. The predicted molar refractivity (Wildman–Crippen MR) is 150 cm³/mol. The quantitative estimate of drug-likeness (QED) is 0.319. The second-order valence-electron chi connectivity index (χ2n) is 9.42. The first kappa shape index (κ1) is 29.8. The Bertz CT molecular complexity index is 1570. The topological polar surface area (TPSA) is 110 Å². The molecule has 0 aliphatic carbocycles. The summed E-state index contributed by atoms with van der Waals surface area (Å²) >= 11 is 0. The van der Waals surface area contributed by atoms with Crippen LogP contribution in [0.5, 0.6) is 11.6 Å². The zero-order valence-electron chi connectivity index (χ0n) is 22.4. The van der Waals surface area contributed by atoms with Crippen molar-refractivity contribution < 1.29 is 27.8 Å². The average Bonchev–Trinajstić information content (AvgIpc) is 3.29. The number of ether oxygens (including phenoxy) is 2. The molecule has 1 aliphatic heterocycles. The first-order chi connectivity index (χ1) is 19.3. The van der Waals surface area contributed by atoms with E-state index in [9.17, 15) is 18.4 Å². The standard InChI is InChI=1S/C28H28F2N6O4.ClH/c1-17-3-5-22(29)20(13-17)27(38)34-19-4-6-24(23(30)14-19)40-28-25-18(2)21(15-36(25)33-16-32-28)26(37)31-7-8-35-9-11-39-12-10-35;/h3-6,13-16H,7-12H2,1-2H3,(H,31,37)(H,34,38);1H. The molecule has 2 aromatic carbocycles. The molecule has 1 fully saturated rings. The number of rotatable bonds is 8. The number of carbonyl (C=O) groups is 2. The fourth-order valence-electron chi connectivity index (χ4n) is 4.46. The third kappa shape index (κ3) is 6.79. The number of carbonyl (C=O) groups excluding carboxylic acids is 2. The van der Waals surface area contributed by atoms with Crippen LogP contribution in [0.1, 0.15) is 31.8 Å². The number of amides is 2. The molecular formula is C28H29ClF2N6O4. The minimum absolute atomic E-state index is 0. The second kappa shape index (κ2) is 13.0. The fraction of sp³-hybridized carbons (Fsp3) is 0.286. The lowest BCUT2D eigenvalue weighted by atomic mass is 10.1. The molecule has 2 amide bonds. The van der Waals surface area contributed by atoms with Crippen LogP contribution in [0.3, 0.4) is 0 Å². The Balaban J connectivity index is 0.00000387. The Kier molecular flexibility index (Phi) is 9.48. The van der Waals surface area contributed by atoms with E-state index in [0.717, 1.165) is 19.2 Å². The minimum atomic E-state index is -0.774. The number of nitrogens with one attached hydrogen (secondary N) is 2. The van der Waals surface area contributed by atoms with Gasteiger partial charge >= 0.3 is 0 Å². The van der Waals surface area contributed by atoms with Gasteiger partial charge < -0.3 is 20.1 Å². The van der Waals surface area contributed by atoms with Crippen molar-refractivity contribution in [2.24, 2.45) is 0 Å². The van der Waals surface area contributed by atoms with E-state index in [-0.39, 0.29) is 41.2 Å². The number of aromatic nitrogens is 3. The zero-order valence-corrected chi connectivity index (χ0v) is 23.3. The smallest absolute Gasteiger partial charge is 0.258 e. The minimum Gasteiger partial charge on any atom is -0.434 e. The summed E-state index contributed by atoms with van der Waals surface area (Å²) in [5.74, 6) is -2.52. The van der Waals surface area contributed by atoms with Gasteiger partial charge in [0.1, 0.15) is 17.7 Å². The summed E-state index contributed by atoms with van der Waals surface area (Å²) in [4.78, 5) is 31.8. The van der Waals surface area contributed by atoms with Crippen LogP contribution in [0.15, 0.2) is 48.9 Å². The van der Waals surface area contributed by atoms with Crippen molar-refractivity contribution >= 4 is 35.4 Å². The van der Waals surface area contributed by atoms with Gasteiger partial charge in [-0.15, -0.1) is 12.4 Å². The predicted octanol–water partition coefficient (Wildman–Crippen LogP) is 4.15. The van der Waals surface area contributed by atoms with Crippen molar-refractivity contribution in [2.75, 3.05) is 44.7 Å². The monoisotopic (exact) mass is 586 g/mol. The number of fused-ring (bicyclic) bond motifs is 1. The van der Waals surface area contributed by atoms with Gasteiger partial charge in [0.15, 0.2) is 11.6 Å². The van der Waals surface area contributed by atoms with Gasteiger partial charge in [-0.2, -0.15) is 10.1 Å². The lowest BCUT2D eigenvalue weighted by molar-refractivity contribution is 0.0383. The number of benzene rings is 2. The molecule has 4 aromatic rings. The van der Waals surface area contributed by atoms with E-state index in [2.05, 4.69) is 25.6 Å².